The van der Waals surface area contributed by atoms with Crippen LogP contribution in [0.5, 0.6) is 0 Å². The molecule has 0 aliphatic heterocycles. The van der Waals surface area contributed by atoms with Crippen molar-refractivity contribution in [3.8, 4) is 0 Å². The van der Waals surface area contributed by atoms with Crippen LogP contribution < -0.4 is 5.32 Å². The van der Waals surface area contributed by atoms with Crippen molar-refractivity contribution < 1.29 is 9.18 Å². The van der Waals surface area contributed by atoms with E-state index >= 15 is 0 Å². The summed E-state index contributed by atoms with van der Waals surface area (Å²) in [6.07, 6.45) is 0. The van der Waals surface area contributed by atoms with Crippen molar-refractivity contribution in [2.24, 2.45) is 0 Å². The van der Waals surface area contributed by atoms with Crippen LogP contribution in [0.4, 0.5) is 10.1 Å². The number of halogens is 3. The van der Waals surface area contributed by atoms with E-state index in [-0.39, 0.29) is 0 Å². The van der Waals surface area contributed by atoms with Crippen molar-refractivity contribution in [3.05, 3.63) is 28.8 Å². The Morgan fingerprint density at radius 2 is 2.21 bits per heavy atom. The first kappa shape index (κ1) is 11.3. The van der Waals surface area contributed by atoms with Crippen LogP contribution in [-0.4, -0.2) is 11.5 Å². The van der Waals surface area contributed by atoms with Crippen molar-refractivity contribution in [2.45, 2.75) is 12.6 Å². The van der Waals surface area contributed by atoms with Crippen LogP contribution in [-0.2, 0) is 4.79 Å². The summed E-state index contributed by atoms with van der Waals surface area (Å²) in [5, 5.41) is 2.79. The van der Waals surface area contributed by atoms with Gasteiger partial charge >= 0.3 is 0 Å². The molecule has 0 bridgehead atoms. The highest BCUT2D eigenvalue weighted by atomic mass is 35.5. The fraction of sp³-hybridized carbons (Fsp3) is 0.222. The molecule has 1 aromatic rings. The molecule has 1 rings (SSSR count). The number of alkyl halides is 2. The number of carbonyl (C=O) groups excluding carboxylic acids is 1. The molecule has 0 spiro atoms. The summed E-state index contributed by atoms with van der Waals surface area (Å²) in [4.78, 5) is 10.8. The third kappa shape index (κ3) is 2.86. The van der Waals surface area contributed by atoms with Crippen LogP contribution >= 0.6 is 23.2 Å². The van der Waals surface area contributed by atoms with E-state index in [4.69, 9.17) is 23.2 Å². The van der Waals surface area contributed by atoms with Gasteiger partial charge in [0.05, 0.1) is 0 Å². The number of carbonyl (C=O) groups is 1. The van der Waals surface area contributed by atoms with E-state index in [9.17, 15) is 9.18 Å². The second-order valence-electron chi connectivity index (χ2n) is 2.75. The standard InChI is InChI=1S/C9H8Cl2FNO/c1-5-2-3-6(4-7(5)10)13-9(14)8(11)12/h2-4,8H,1H3,(H,13,14). The average Bonchev–Trinajstić information content (AvgIpc) is 2.11. The molecule has 14 heavy (non-hydrogen) atoms. The Morgan fingerprint density at radius 3 is 2.71 bits per heavy atom. The lowest BCUT2D eigenvalue weighted by Gasteiger charge is -2.06. The van der Waals surface area contributed by atoms with Gasteiger partial charge in [-0.1, -0.05) is 29.3 Å². The second-order valence-corrected chi connectivity index (χ2v) is 3.54. The van der Waals surface area contributed by atoms with Gasteiger partial charge in [-0.25, -0.2) is 4.39 Å². The molecule has 0 aromatic heterocycles. The quantitative estimate of drug-likeness (QED) is 0.785. The Bertz CT molecular complexity index is 355. The molecular formula is C9H8Cl2FNO. The SMILES string of the molecule is Cc1ccc(NC(=O)C(F)Cl)cc1Cl. The molecule has 76 valence electrons. The first-order valence-electron chi connectivity index (χ1n) is 3.86. The number of rotatable bonds is 2. The first-order valence-corrected chi connectivity index (χ1v) is 4.67. The smallest absolute Gasteiger partial charge is 0.274 e. The maximum atomic E-state index is 12.3. The van der Waals surface area contributed by atoms with Gasteiger partial charge in [0.15, 0.2) is 0 Å². The Kier molecular flexibility index (Phi) is 3.72. The van der Waals surface area contributed by atoms with Crippen LogP contribution in [0.15, 0.2) is 18.2 Å². The molecule has 0 aliphatic rings. The first-order chi connectivity index (χ1) is 6.50. The third-order valence-corrected chi connectivity index (χ3v) is 2.24. The largest absolute Gasteiger partial charge is 0.322 e. The molecule has 1 amide bonds. The minimum atomic E-state index is -2.05. The third-order valence-electron chi connectivity index (χ3n) is 1.64. The maximum absolute atomic E-state index is 12.3. The van der Waals surface area contributed by atoms with Crippen LogP contribution in [0.3, 0.4) is 0 Å². The predicted molar refractivity (Wildman–Crippen MR) is 55.6 cm³/mol. The topological polar surface area (TPSA) is 29.1 Å². The second kappa shape index (κ2) is 4.62. The molecule has 1 atom stereocenters. The average molecular weight is 236 g/mol. The van der Waals surface area contributed by atoms with Gasteiger partial charge in [0.1, 0.15) is 0 Å². The number of hydrogen-bond donors (Lipinski definition) is 1. The molecule has 0 saturated carbocycles. The summed E-state index contributed by atoms with van der Waals surface area (Å²) in [6.45, 7) is 1.83. The van der Waals surface area contributed by atoms with Crippen molar-refractivity contribution in [1.29, 1.82) is 0 Å². The van der Waals surface area contributed by atoms with Crippen LogP contribution in [0.25, 0.3) is 0 Å². The highest BCUT2D eigenvalue weighted by molar-refractivity contribution is 6.32. The molecule has 0 aliphatic carbocycles. The van der Waals surface area contributed by atoms with E-state index in [0.29, 0.717) is 10.7 Å². The monoisotopic (exact) mass is 235 g/mol. The zero-order chi connectivity index (χ0) is 10.7. The number of benzene rings is 1. The van der Waals surface area contributed by atoms with Gasteiger partial charge in [-0.05, 0) is 24.6 Å². The molecule has 0 heterocycles. The summed E-state index contributed by atoms with van der Waals surface area (Å²) in [7, 11) is 0. The van der Waals surface area contributed by atoms with Crippen molar-refractivity contribution in [3.63, 3.8) is 0 Å². The van der Waals surface area contributed by atoms with E-state index in [1.165, 1.54) is 6.07 Å². The zero-order valence-electron chi connectivity index (χ0n) is 7.35. The van der Waals surface area contributed by atoms with E-state index in [2.05, 4.69) is 5.32 Å². The van der Waals surface area contributed by atoms with Crippen molar-refractivity contribution >= 4 is 34.8 Å². The molecular weight excluding hydrogens is 228 g/mol. The normalized spacial score (nSPS) is 12.3. The van der Waals surface area contributed by atoms with E-state index in [0.717, 1.165) is 5.56 Å². The number of hydrogen-bond acceptors (Lipinski definition) is 1. The molecule has 5 heteroatoms. The summed E-state index contributed by atoms with van der Waals surface area (Å²) >= 11 is 10.7. The van der Waals surface area contributed by atoms with Crippen molar-refractivity contribution in [2.75, 3.05) is 5.32 Å². The lowest BCUT2D eigenvalue weighted by molar-refractivity contribution is -0.118. The molecule has 0 radical (unpaired) electrons. The van der Waals surface area contributed by atoms with Gasteiger partial charge in [-0.3, -0.25) is 4.79 Å². The summed E-state index contributed by atoms with van der Waals surface area (Å²) < 4.78 is 12.3. The van der Waals surface area contributed by atoms with Gasteiger partial charge in [0, 0.05) is 10.7 Å². The number of aryl methyl sites for hydroxylation is 1. The lowest BCUT2D eigenvalue weighted by Crippen LogP contribution is -2.19. The predicted octanol–water partition coefficient (Wildman–Crippen LogP) is 3.12. The number of nitrogens with one attached hydrogen (secondary N) is 1. The lowest BCUT2D eigenvalue weighted by atomic mass is 10.2. The minimum Gasteiger partial charge on any atom is -0.322 e. The number of amides is 1. The van der Waals surface area contributed by atoms with Crippen LogP contribution in [0.2, 0.25) is 5.02 Å². The van der Waals surface area contributed by atoms with Gasteiger partial charge in [-0.2, -0.15) is 0 Å². The summed E-state index contributed by atoms with van der Waals surface area (Å²) in [6, 6.07) is 4.88. The highest BCUT2D eigenvalue weighted by Crippen LogP contribution is 2.20. The van der Waals surface area contributed by atoms with E-state index < -0.39 is 11.5 Å². The van der Waals surface area contributed by atoms with Gasteiger partial charge in [-0.15, -0.1) is 0 Å². The fourth-order valence-corrected chi connectivity index (χ4v) is 1.10. The number of anilines is 1. The highest BCUT2D eigenvalue weighted by Gasteiger charge is 2.13. The van der Waals surface area contributed by atoms with Crippen LogP contribution in [0, 0.1) is 6.92 Å². The Labute approximate surface area is 91.0 Å². The van der Waals surface area contributed by atoms with E-state index in [1.807, 2.05) is 6.92 Å². The molecule has 1 aromatic carbocycles. The van der Waals surface area contributed by atoms with Gasteiger partial charge in [0.25, 0.3) is 11.5 Å². The van der Waals surface area contributed by atoms with Gasteiger partial charge < -0.3 is 5.32 Å². The molecule has 1 N–H and O–H groups in total. The maximum Gasteiger partial charge on any atom is 0.274 e. The van der Waals surface area contributed by atoms with E-state index in [1.54, 1.807) is 12.1 Å². The van der Waals surface area contributed by atoms with Crippen molar-refractivity contribution in [1.82, 2.24) is 0 Å². The Morgan fingerprint density at radius 1 is 1.57 bits per heavy atom. The van der Waals surface area contributed by atoms with Gasteiger partial charge in [0.2, 0.25) is 0 Å². The molecule has 1 unspecified atom stereocenters. The summed E-state index contributed by atoms with van der Waals surface area (Å²) in [5.74, 6) is -0.897. The molecule has 2 nitrogen and oxygen atoms in total. The zero-order valence-corrected chi connectivity index (χ0v) is 8.86. The molecule has 0 fully saturated rings. The minimum absolute atomic E-state index is 0.425. The van der Waals surface area contributed by atoms with Crippen LogP contribution in [0.1, 0.15) is 5.56 Å². The molecule has 0 saturated heterocycles. The Hall–Kier alpha value is -0.800. The Balaban J connectivity index is 2.78. The fourth-order valence-electron chi connectivity index (χ4n) is 0.867. The summed E-state index contributed by atoms with van der Waals surface area (Å²) in [5.41, 5.74) is -0.740.